The smallest absolute Gasteiger partial charge is 0.156 e. The lowest BCUT2D eigenvalue weighted by Gasteiger charge is -2.08. The highest BCUT2D eigenvalue weighted by molar-refractivity contribution is 5.50. The van der Waals surface area contributed by atoms with E-state index in [-0.39, 0.29) is 6.04 Å². The first kappa shape index (κ1) is 11.8. The predicted molar refractivity (Wildman–Crippen MR) is 68.6 cm³/mol. The van der Waals surface area contributed by atoms with Gasteiger partial charge in [0.1, 0.15) is 5.69 Å². The van der Waals surface area contributed by atoms with E-state index in [0.717, 1.165) is 23.8 Å². The van der Waals surface area contributed by atoms with Gasteiger partial charge in [-0.1, -0.05) is 6.92 Å². The zero-order chi connectivity index (χ0) is 12.3. The average molecular weight is 230 g/mol. The molecule has 0 amide bonds. The monoisotopic (exact) mass is 230 g/mol. The summed E-state index contributed by atoms with van der Waals surface area (Å²) in [6, 6.07) is 4.29. The van der Waals surface area contributed by atoms with Crippen molar-refractivity contribution in [2.75, 3.05) is 6.54 Å². The summed E-state index contributed by atoms with van der Waals surface area (Å²) in [7, 11) is 0. The number of rotatable bonds is 4. The van der Waals surface area contributed by atoms with Gasteiger partial charge in [-0.25, -0.2) is 4.98 Å². The highest BCUT2D eigenvalue weighted by Gasteiger charge is 2.09. The zero-order valence-electron chi connectivity index (χ0n) is 10.5. The SMILES string of the molecule is CCNC(C)c1cnc(-c2cc(C)ccn2)[nH]1. The summed E-state index contributed by atoms with van der Waals surface area (Å²) in [5.41, 5.74) is 3.16. The second-order valence-corrected chi connectivity index (χ2v) is 4.18. The predicted octanol–water partition coefficient (Wildman–Crippen LogP) is 2.45. The average Bonchev–Trinajstić information content (AvgIpc) is 2.78. The molecule has 2 aromatic rings. The van der Waals surface area contributed by atoms with Crippen LogP contribution >= 0.6 is 0 Å². The molecule has 2 aromatic heterocycles. The molecule has 90 valence electrons. The Balaban J connectivity index is 2.23. The number of hydrogen-bond donors (Lipinski definition) is 2. The molecule has 2 heterocycles. The number of nitrogens with one attached hydrogen (secondary N) is 2. The number of hydrogen-bond acceptors (Lipinski definition) is 3. The standard InChI is InChI=1S/C13H18N4/c1-4-14-10(3)12-8-16-13(17-12)11-7-9(2)5-6-15-11/h5-8,10,14H,4H2,1-3H3,(H,16,17). The lowest BCUT2D eigenvalue weighted by Crippen LogP contribution is -2.17. The van der Waals surface area contributed by atoms with E-state index in [0.29, 0.717) is 0 Å². The molecule has 4 nitrogen and oxygen atoms in total. The van der Waals surface area contributed by atoms with E-state index in [4.69, 9.17) is 0 Å². The number of imidazole rings is 1. The molecule has 2 rings (SSSR count). The molecule has 0 saturated carbocycles. The molecule has 0 saturated heterocycles. The summed E-state index contributed by atoms with van der Waals surface area (Å²) in [6.07, 6.45) is 3.67. The third-order valence-electron chi connectivity index (χ3n) is 2.73. The number of aromatic amines is 1. The summed E-state index contributed by atoms with van der Waals surface area (Å²) in [5, 5.41) is 3.35. The Morgan fingerprint density at radius 1 is 1.41 bits per heavy atom. The molecule has 0 aliphatic heterocycles. The van der Waals surface area contributed by atoms with Crippen LogP contribution in [-0.2, 0) is 0 Å². The van der Waals surface area contributed by atoms with E-state index in [1.165, 1.54) is 5.56 Å². The molecule has 2 N–H and O–H groups in total. The second kappa shape index (κ2) is 5.10. The van der Waals surface area contributed by atoms with Crippen molar-refractivity contribution in [3.8, 4) is 11.5 Å². The van der Waals surface area contributed by atoms with Gasteiger partial charge in [-0.2, -0.15) is 0 Å². The number of pyridine rings is 1. The fraction of sp³-hybridized carbons (Fsp3) is 0.385. The minimum Gasteiger partial charge on any atom is -0.339 e. The van der Waals surface area contributed by atoms with Gasteiger partial charge in [0.2, 0.25) is 0 Å². The van der Waals surface area contributed by atoms with Crippen LogP contribution in [0.4, 0.5) is 0 Å². The van der Waals surface area contributed by atoms with Crippen LogP contribution in [0, 0.1) is 6.92 Å². The van der Waals surface area contributed by atoms with Gasteiger partial charge in [0.05, 0.1) is 11.9 Å². The Kier molecular flexibility index (Phi) is 3.54. The number of aryl methyl sites for hydroxylation is 1. The van der Waals surface area contributed by atoms with Crippen molar-refractivity contribution in [3.63, 3.8) is 0 Å². The maximum absolute atomic E-state index is 4.37. The quantitative estimate of drug-likeness (QED) is 0.848. The number of nitrogens with zero attached hydrogens (tertiary/aromatic N) is 2. The minimum absolute atomic E-state index is 0.283. The van der Waals surface area contributed by atoms with E-state index in [2.05, 4.69) is 41.0 Å². The second-order valence-electron chi connectivity index (χ2n) is 4.18. The fourth-order valence-electron chi connectivity index (χ4n) is 1.77. The molecular formula is C13H18N4. The van der Waals surface area contributed by atoms with Crippen molar-refractivity contribution in [1.82, 2.24) is 20.3 Å². The van der Waals surface area contributed by atoms with Crippen molar-refractivity contribution in [2.45, 2.75) is 26.8 Å². The van der Waals surface area contributed by atoms with Crippen LogP contribution in [0.3, 0.4) is 0 Å². The summed E-state index contributed by atoms with van der Waals surface area (Å²) >= 11 is 0. The normalized spacial score (nSPS) is 12.6. The van der Waals surface area contributed by atoms with E-state index in [1.807, 2.05) is 18.3 Å². The molecule has 1 atom stereocenters. The highest BCUT2D eigenvalue weighted by Crippen LogP contribution is 2.17. The summed E-state index contributed by atoms with van der Waals surface area (Å²) in [4.78, 5) is 12.0. The third kappa shape index (κ3) is 2.71. The van der Waals surface area contributed by atoms with Gasteiger partial charge < -0.3 is 10.3 Å². The van der Waals surface area contributed by atoms with Crippen LogP contribution in [-0.4, -0.2) is 21.5 Å². The lowest BCUT2D eigenvalue weighted by molar-refractivity contribution is 0.586. The van der Waals surface area contributed by atoms with Gasteiger partial charge in [0.15, 0.2) is 5.82 Å². The zero-order valence-corrected chi connectivity index (χ0v) is 10.5. The van der Waals surface area contributed by atoms with E-state index in [9.17, 15) is 0 Å². The topological polar surface area (TPSA) is 53.6 Å². The molecule has 0 aliphatic rings. The Hall–Kier alpha value is -1.68. The third-order valence-corrected chi connectivity index (χ3v) is 2.73. The van der Waals surface area contributed by atoms with E-state index >= 15 is 0 Å². The fourth-order valence-corrected chi connectivity index (χ4v) is 1.77. The van der Waals surface area contributed by atoms with Crippen molar-refractivity contribution in [1.29, 1.82) is 0 Å². The van der Waals surface area contributed by atoms with Crippen molar-refractivity contribution in [2.24, 2.45) is 0 Å². The van der Waals surface area contributed by atoms with Crippen molar-refractivity contribution in [3.05, 3.63) is 35.8 Å². The van der Waals surface area contributed by atoms with Gasteiger partial charge in [-0.05, 0) is 38.1 Å². The molecule has 17 heavy (non-hydrogen) atoms. The van der Waals surface area contributed by atoms with Crippen molar-refractivity contribution >= 4 is 0 Å². The number of H-pyrrole nitrogens is 1. The molecule has 0 aromatic carbocycles. The van der Waals surface area contributed by atoms with Crippen molar-refractivity contribution < 1.29 is 0 Å². The lowest BCUT2D eigenvalue weighted by atomic mass is 10.2. The summed E-state index contributed by atoms with van der Waals surface area (Å²) < 4.78 is 0. The molecule has 0 radical (unpaired) electrons. The van der Waals surface area contributed by atoms with Gasteiger partial charge in [-0.3, -0.25) is 4.98 Å². The maximum Gasteiger partial charge on any atom is 0.156 e. The largest absolute Gasteiger partial charge is 0.339 e. The molecule has 0 fully saturated rings. The Bertz CT molecular complexity index is 490. The van der Waals surface area contributed by atoms with Gasteiger partial charge >= 0.3 is 0 Å². The van der Waals surface area contributed by atoms with Crippen LogP contribution in [0.1, 0.15) is 31.1 Å². The van der Waals surface area contributed by atoms with Crippen LogP contribution in [0.15, 0.2) is 24.5 Å². The van der Waals surface area contributed by atoms with E-state index < -0.39 is 0 Å². The Labute approximate surface area is 102 Å². The first-order valence-electron chi connectivity index (χ1n) is 5.92. The van der Waals surface area contributed by atoms with Gasteiger partial charge in [0, 0.05) is 12.2 Å². The minimum atomic E-state index is 0.283. The summed E-state index contributed by atoms with van der Waals surface area (Å²) in [6.45, 7) is 7.20. The molecule has 0 bridgehead atoms. The Morgan fingerprint density at radius 3 is 2.94 bits per heavy atom. The molecule has 0 aliphatic carbocycles. The van der Waals surface area contributed by atoms with Gasteiger partial charge in [-0.15, -0.1) is 0 Å². The van der Waals surface area contributed by atoms with Crippen LogP contribution in [0.2, 0.25) is 0 Å². The summed E-state index contributed by atoms with van der Waals surface area (Å²) in [5.74, 6) is 0.827. The maximum atomic E-state index is 4.37. The molecule has 1 unspecified atom stereocenters. The van der Waals surface area contributed by atoms with Crippen LogP contribution in [0.25, 0.3) is 11.5 Å². The molecular weight excluding hydrogens is 212 g/mol. The Morgan fingerprint density at radius 2 is 2.24 bits per heavy atom. The van der Waals surface area contributed by atoms with E-state index in [1.54, 1.807) is 6.20 Å². The van der Waals surface area contributed by atoms with Crippen LogP contribution in [0.5, 0.6) is 0 Å². The first-order chi connectivity index (χ1) is 8.20. The number of aromatic nitrogens is 3. The van der Waals surface area contributed by atoms with Crippen LogP contribution < -0.4 is 5.32 Å². The first-order valence-corrected chi connectivity index (χ1v) is 5.92. The van der Waals surface area contributed by atoms with Gasteiger partial charge in [0.25, 0.3) is 0 Å². The highest BCUT2D eigenvalue weighted by atomic mass is 15.0. The molecule has 0 spiro atoms. The molecule has 4 heteroatoms.